The van der Waals surface area contributed by atoms with Gasteiger partial charge in [-0.1, -0.05) is 30.3 Å². The van der Waals surface area contributed by atoms with Crippen LogP contribution in [0.15, 0.2) is 46.4 Å². The fourth-order valence-corrected chi connectivity index (χ4v) is 4.83. The highest BCUT2D eigenvalue weighted by Gasteiger charge is 2.29. The molecular weight excluding hydrogens is 368 g/mol. The van der Waals surface area contributed by atoms with Crippen molar-refractivity contribution in [3.8, 4) is 0 Å². The van der Waals surface area contributed by atoms with E-state index in [4.69, 9.17) is 0 Å². The van der Waals surface area contributed by atoms with Crippen molar-refractivity contribution in [3.05, 3.63) is 58.3 Å². The second kappa shape index (κ2) is 8.35. The number of rotatable bonds is 4. The highest BCUT2D eigenvalue weighted by Crippen LogP contribution is 2.33. The SMILES string of the molecule is CCn1ncc(/C=C2\SC(N3CCC(Cc4ccccc4)CC3)=NC2=O)c1C. The van der Waals surface area contributed by atoms with Gasteiger partial charge in [-0.3, -0.25) is 9.48 Å². The minimum atomic E-state index is -0.130. The molecule has 0 aliphatic carbocycles. The van der Waals surface area contributed by atoms with Gasteiger partial charge in [-0.25, -0.2) is 0 Å². The van der Waals surface area contributed by atoms with Gasteiger partial charge in [0.15, 0.2) is 5.17 Å². The molecule has 6 heteroatoms. The van der Waals surface area contributed by atoms with Gasteiger partial charge in [-0.05, 0) is 62.4 Å². The first kappa shape index (κ1) is 19.0. The van der Waals surface area contributed by atoms with Crippen LogP contribution in [0.25, 0.3) is 6.08 Å². The van der Waals surface area contributed by atoms with Crippen molar-refractivity contribution in [2.75, 3.05) is 13.1 Å². The average Bonchev–Trinajstić information content (AvgIpc) is 3.26. The van der Waals surface area contributed by atoms with Crippen LogP contribution >= 0.6 is 11.8 Å². The van der Waals surface area contributed by atoms with E-state index < -0.39 is 0 Å². The van der Waals surface area contributed by atoms with Crippen LogP contribution in [-0.4, -0.2) is 38.8 Å². The van der Waals surface area contributed by atoms with Gasteiger partial charge in [0.05, 0.1) is 11.1 Å². The third-order valence-electron chi connectivity index (χ3n) is 5.59. The van der Waals surface area contributed by atoms with Gasteiger partial charge in [0.25, 0.3) is 5.91 Å². The predicted octanol–water partition coefficient (Wildman–Crippen LogP) is 4.14. The Kier molecular flexibility index (Phi) is 5.67. The number of amidine groups is 1. The molecule has 28 heavy (non-hydrogen) atoms. The molecule has 1 saturated heterocycles. The average molecular weight is 395 g/mol. The first-order valence-electron chi connectivity index (χ1n) is 9.98. The third-order valence-corrected chi connectivity index (χ3v) is 6.63. The van der Waals surface area contributed by atoms with Crippen LogP contribution in [0.2, 0.25) is 0 Å². The van der Waals surface area contributed by atoms with E-state index in [0.717, 1.165) is 55.3 Å². The van der Waals surface area contributed by atoms with Crippen molar-refractivity contribution in [2.24, 2.45) is 10.9 Å². The van der Waals surface area contributed by atoms with E-state index in [-0.39, 0.29) is 5.91 Å². The molecule has 1 aromatic carbocycles. The number of likely N-dealkylation sites (tertiary alicyclic amines) is 1. The summed E-state index contributed by atoms with van der Waals surface area (Å²) in [6, 6.07) is 10.7. The number of nitrogens with zero attached hydrogens (tertiary/aromatic N) is 4. The molecule has 2 aromatic rings. The Balaban J connectivity index is 1.36. The molecule has 0 atom stereocenters. The van der Waals surface area contributed by atoms with Crippen molar-refractivity contribution in [1.29, 1.82) is 0 Å². The molecule has 0 bridgehead atoms. The van der Waals surface area contributed by atoms with Crippen LogP contribution < -0.4 is 0 Å². The summed E-state index contributed by atoms with van der Waals surface area (Å²) < 4.78 is 1.94. The van der Waals surface area contributed by atoms with Gasteiger partial charge in [-0.15, -0.1) is 0 Å². The second-order valence-electron chi connectivity index (χ2n) is 7.43. The third kappa shape index (κ3) is 4.07. The highest BCUT2D eigenvalue weighted by molar-refractivity contribution is 8.18. The number of carbonyl (C=O) groups excluding carboxylic acids is 1. The number of amides is 1. The molecule has 4 rings (SSSR count). The van der Waals surface area contributed by atoms with Crippen molar-refractivity contribution in [3.63, 3.8) is 0 Å². The number of piperidine rings is 1. The van der Waals surface area contributed by atoms with Crippen molar-refractivity contribution < 1.29 is 4.79 Å². The van der Waals surface area contributed by atoms with Crippen molar-refractivity contribution >= 4 is 28.9 Å². The van der Waals surface area contributed by atoms with Crippen LogP contribution in [-0.2, 0) is 17.8 Å². The largest absolute Gasteiger partial charge is 0.351 e. The zero-order valence-electron chi connectivity index (χ0n) is 16.5. The lowest BCUT2D eigenvalue weighted by Crippen LogP contribution is -2.37. The lowest BCUT2D eigenvalue weighted by Gasteiger charge is -2.32. The van der Waals surface area contributed by atoms with Gasteiger partial charge >= 0.3 is 0 Å². The van der Waals surface area contributed by atoms with Gasteiger partial charge < -0.3 is 4.90 Å². The Morgan fingerprint density at radius 1 is 1.21 bits per heavy atom. The van der Waals surface area contributed by atoms with Gasteiger partial charge in [0.2, 0.25) is 0 Å². The molecule has 0 spiro atoms. The molecule has 0 N–H and O–H groups in total. The summed E-state index contributed by atoms with van der Waals surface area (Å²) in [6.07, 6.45) is 7.18. The molecule has 1 fully saturated rings. The standard InChI is InChI=1S/C22H26N4OS/c1-3-26-16(2)19(15-23-26)14-20-21(27)24-22(28-20)25-11-9-18(10-12-25)13-17-7-5-4-6-8-17/h4-8,14-15,18H,3,9-13H2,1-2H3/b20-14-. The van der Waals surface area contributed by atoms with Crippen LogP contribution in [0.5, 0.6) is 0 Å². The molecule has 3 heterocycles. The van der Waals surface area contributed by atoms with Gasteiger partial charge in [-0.2, -0.15) is 10.1 Å². The first-order chi connectivity index (χ1) is 13.6. The Bertz CT molecular complexity index is 908. The van der Waals surface area contributed by atoms with E-state index in [1.807, 2.05) is 23.9 Å². The molecule has 0 radical (unpaired) electrons. The van der Waals surface area contributed by atoms with E-state index in [0.29, 0.717) is 10.8 Å². The summed E-state index contributed by atoms with van der Waals surface area (Å²) in [5.41, 5.74) is 3.49. The Labute approximate surface area is 170 Å². The van der Waals surface area contributed by atoms with Crippen molar-refractivity contribution in [2.45, 2.75) is 39.7 Å². The molecule has 1 aromatic heterocycles. The Morgan fingerprint density at radius 3 is 2.64 bits per heavy atom. The molecule has 5 nitrogen and oxygen atoms in total. The van der Waals surface area contributed by atoms with E-state index in [2.05, 4.69) is 52.2 Å². The summed E-state index contributed by atoms with van der Waals surface area (Å²) in [5, 5.41) is 5.21. The maximum Gasteiger partial charge on any atom is 0.286 e. The molecule has 0 unspecified atom stereocenters. The zero-order chi connectivity index (χ0) is 19.5. The summed E-state index contributed by atoms with van der Waals surface area (Å²) in [4.78, 5) is 19.7. The normalized spacial score (nSPS) is 19.5. The van der Waals surface area contributed by atoms with Crippen LogP contribution in [0, 0.1) is 12.8 Å². The van der Waals surface area contributed by atoms with Crippen LogP contribution in [0.1, 0.15) is 36.6 Å². The Hall–Kier alpha value is -2.34. The number of hydrogen-bond acceptors (Lipinski definition) is 4. The van der Waals surface area contributed by atoms with Gasteiger partial charge in [0.1, 0.15) is 0 Å². The van der Waals surface area contributed by atoms with E-state index in [9.17, 15) is 4.79 Å². The minimum Gasteiger partial charge on any atom is -0.351 e. The monoisotopic (exact) mass is 394 g/mol. The van der Waals surface area contributed by atoms with Crippen LogP contribution in [0.4, 0.5) is 0 Å². The highest BCUT2D eigenvalue weighted by atomic mass is 32.2. The van der Waals surface area contributed by atoms with E-state index >= 15 is 0 Å². The molecule has 1 amide bonds. The maximum absolute atomic E-state index is 12.4. The second-order valence-corrected chi connectivity index (χ2v) is 8.44. The van der Waals surface area contributed by atoms with Crippen molar-refractivity contribution in [1.82, 2.24) is 14.7 Å². The van der Waals surface area contributed by atoms with Gasteiger partial charge in [0, 0.05) is 30.9 Å². The van der Waals surface area contributed by atoms with E-state index in [1.54, 1.807) is 0 Å². The maximum atomic E-state index is 12.4. The fraction of sp³-hybridized carbons (Fsp3) is 0.409. The number of hydrogen-bond donors (Lipinski definition) is 0. The topological polar surface area (TPSA) is 50.5 Å². The van der Waals surface area contributed by atoms with E-state index in [1.165, 1.54) is 17.3 Å². The first-order valence-corrected chi connectivity index (χ1v) is 10.8. The predicted molar refractivity (Wildman–Crippen MR) is 115 cm³/mol. The number of carbonyl (C=O) groups is 1. The van der Waals surface area contributed by atoms with Crippen LogP contribution in [0.3, 0.4) is 0 Å². The molecule has 2 aliphatic rings. The lowest BCUT2D eigenvalue weighted by molar-refractivity contribution is -0.113. The molecule has 2 aliphatic heterocycles. The quantitative estimate of drug-likeness (QED) is 0.732. The number of aryl methyl sites for hydroxylation is 1. The molecule has 0 saturated carbocycles. The Morgan fingerprint density at radius 2 is 1.96 bits per heavy atom. The number of benzene rings is 1. The number of thioether (sulfide) groups is 1. The molecule has 146 valence electrons. The summed E-state index contributed by atoms with van der Waals surface area (Å²) in [6.45, 7) is 6.87. The minimum absolute atomic E-state index is 0.130. The summed E-state index contributed by atoms with van der Waals surface area (Å²) in [5.74, 6) is 0.578. The smallest absolute Gasteiger partial charge is 0.286 e. The fourth-order valence-electron chi connectivity index (χ4n) is 3.87. The number of aliphatic imine (C=N–C) groups is 1. The number of aromatic nitrogens is 2. The zero-order valence-corrected chi connectivity index (χ0v) is 17.3. The molecular formula is C22H26N4OS. The summed E-state index contributed by atoms with van der Waals surface area (Å²) >= 11 is 1.50. The summed E-state index contributed by atoms with van der Waals surface area (Å²) in [7, 11) is 0. The lowest BCUT2D eigenvalue weighted by atomic mass is 9.90.